The summed E-state index contributed by atoms with van der Waals surface area (Å²) in [5.41, 5.74) is 0.814. The third-order valence-electron chi connectivity index (χ3n) is 3.42. The van der Waals surface area contributed by atoms with Crippen LogP contribution in [-0.2, 0) is 9.53 Å². The lowest BCUT2D eigenvalue weighted by Gasteiger charge is -2.16. The third kappa shape index (κ3) is 2.72. The predicted octanol–water partition coefficient (Wildman–Crippen LogP) is 1.03. The summed E-state index contributed by atoms with van der Waals surface area (Å²) in [6.07, 6.45) is 0. The maximum atomic E-state index is 12.0. The lowest BCUT2D eigenvalue weighted by atomic mass is 10.2. The first-order chi connectivity index (χ1) is 11.1. The minimum Gasteiger partial charge on any atom is -0.462 e. The van der Waals surface area contributed by atoms with Crippen LogP contribution in [-0.4, -0.2) is 23.7 Å². The van der Waals surface area contributed by atoms with Gasteiger partial charge in [-0.15, -0.1) is 0 Å². The molecule has 1 amide bonds. The normalized spacial score (nSPS) is 12.6. The van der Waals surface area contributed by atoms with Crippen molar-refractivity contribution in [3.8, 4) is 0 Å². The van der Waals surface area contributed by atoms with Crippen molar-refractivity contribution < 1.29 is 19.5 Å². The van der Waals surface area contributed by atoms with Gasteiger partial charge < -0.3 is 4.74 Å². The third-order valence-corrected chi connectivity index (χ3v) is 3.42. The summed E-state index contributed by atoms with van der Waals surface area (Å²) in [6.45, 7) is 2.02. The average Bonchev–Trinajstić information content (AvgIpc) is 2.90. The van der Waals surface area contributed by atoms with Gasteiger partial charge in [0.05, 0.1) is 23.2 Å². The number of carbonyl (C=O) groups is 2. The fourth-order valence-electron chi connectivity index (χ4n) is 2.34. The Morgan fingerprint density at radius 1 is 1.17 bits per heavy atom. The molecular weight excluding hydrogens is 296 g/mol. The van der Waals surface area contributed by atoms with E-state index in [4.69, 9.17) is 4.74 Å². The first-order valence-electron chi connectivity index (χ1n) is 7.10. The summed E-state index contributed by atoms with van der Waals surface area (Å²) in [5, 5.41) is 12.2. The number of benzene rings is 2. The number of rotatable bonds is 4. The molecule has 0 fully saturated rings. The number of fused-ring (bicyclic) bond motifs is 1. The topological polar surface area (TPSA) is 79.2 Å². The lowest BCUT2D eigenvalue weighted by Crippen LogP contribution is -2.30. The molecule has 1 heterocycles. The number of carbonyl (C=O) groups excluding carboxylic acids is 2. The molecule has 3 rings (SSSR count). The van der Waals surface area contributed by atoms with Crippen LogP contribution >= 0.6 is 0 Å². The van der Waals surface area contributed by atoms with Crippen molar-refractivity contribution in [3.05, 3.63) is 64.7 Å². The molecule has 6 heteroatoms. The van der Waals surface area contributed by atoms with Gasteiger partial charge in [0.25, 0.3) is 5.91 Å². The molecule has 1 aliphatic rings. The second-order valence-corrected chi connectivity index (χ2v) is 4.86. The Bertz CT molecular complexity index is 888. The molecule has 6 nitrogen and oxygen atoms in total. The molecule has 2 aromatic carbocycles. The molecular formula is C17H14N2O4. The van der Waals surface area contributed by atoms with Crippen LogP contribution in [0.4, 0.5) is 5.69 Å². The Morgan fingerprint density at radius 2 is 1.87 bits per heavy atom. The van der Waals surface area contributed by atoms with Crippen molar-refractivity contribution in [2.75, 3.05) is 11.7 Å². The van der Waals surface area contributed by atoms with Gasteiger partial charge in [0.15, 0.2) is 0 Å². The highest BCUT2D eigenvalue weighted by atomic mass is 16.5. The molecule has 0 saturated heterocycles. The zero-order valence-electron chi connectivity index (χ0n) is 12.4. The van der Waals surface area contributed by atoms with Crippen LogP contribution in [0.25, 0.3) is 5.70 Å². The van der Waals surface area contributed by atoms with Crippen LogP contribution in [0.1, 0.15) is 17.3 Å². The molecule has 2 aromatic rings. The largest absolute Gasteiger partial charge is 0.462 e. The molecule has 0 unspecified atom stereocenters. The zero-order valence-corrected chi connectivity index (χ0v) is 12.4. The van der Waals surface area contributed by atoms with Crippen molar-refractivity contribution >= 4 is 23.3 Å². The number of amides is 1. The van der Waals surface area contributed by atoms with E-state index in [0.29, 0.717) is 21.8 Å². The number of anilines is 1. The number of para-hydroxylation sites is 1. The number of hydrogen-bond acceptors (Lipinski definition) is 5. The smallest absolute Gasteiger partial charge is 0.338 e. The Labute approximate surface area is 131 Å². The number of esters is 1. The molecule has 0 atom stereocenters. The highest BCUT2D eigenvalue weighted by Crippen LogP contribution is 2.19. The second kappa shape index (κ2) is 6.02. The van der Waals surface area contributed by atoms with E-state index in [0.717, 1.165) is 5.06 Å². The maximum Gasteiger partial charge on any atom is 0.338 e. The summed E-state index contributed by atoms with van der Waals surface area (Å²) in [5.74, 6) is -0.948. The molecule has 23 heavy (non-hydrogen) atoms. The first-order valence-corrected chi connectivity index (χ1v) is 7.10. The summed E-state index contributed by atoms with van der Waals surface area (Å²) >= 11 is 0. The fourth-order valence-corrected chi connectivity index (χ4v) is 2.34. The maximum absolute atomic E-state index is 12.0. The van der Waals surface area contributed by atoms with Crippen molar-refractivity contribution in [3.63, 3.8) is 0 Å². The molecule has 1 N–H and O–H groups in total. The van der Waals surface area contributed by atoms with Crippen molar-refractivity contribution in [2.45, 2.75) is 6.92 Å². The Hall–Kier alpha value is -2.99. The molecule has 0 bridgehead atoms. The standard InChI is InChI=1S/C17H14N2O4/c1-2-23-17(21)11-7-9-12(10-8-11)19(22)15-13-5-3-4-6-14(13)18-16(15)20/h3-10,22H,2H2,1H3. The number of nitrogens with zero attached hydrogens (tertiary/aromatic N) is 2. The SMILES string of the molecule is CCOC(=O)c1ccc(N(O)C2=c3ccccc3=NC2=O)cc1. The molecule has 0 radical (unpaired) electrons. The van der Waals surface area contributed by atoms with E-state index < -0.39 is 11.9 Å². The molecule has 0 saturated carbocycles. The molecule has 0 aromatic heterocycles. The molecule has 0 aliphatic carbocycles. The van der Waals surface area contributed by atoms with E-state index in [2.05, 4.69) is 4.99 Å². The van der Waals surface area contributed by atoms with E-state index in [9.17, 15) is 14.8 Å². The Kier molecular flexibility index (Phi) is 3.91. The number of ether oxygens (including phenoxy) is 1. The monoisotopic (exact) mass is 310 g/mol. The molecule has 1 aliphatic heterocycles. The summed E-state index contributed by atoms with van der Waals surface area (Å²) in [7, 11) is 0. The van der Waals surface area contributed by atoms with Crippen LogP contribution < -0.4 is 15.6 Å². The lowest BCUT2D eigenvalue weighted by molar-refractivity contribution is -0.113. The summed E-state index contributed by atoms with van der Waals surface area (Å²) < 4.78 is 4.90. The second-order valence-electron chi connectivity index (χ2n) is 4.86. The highest BCUT2D eigenvalue weighted by Gasteiger charge is 2.23. The van der Waals surface area contributed by atoms with Crippen LogP contribution in [0.5, 0.6) is 0 Å². The summed E-state index contributed by atoms with van der Waals surface area (Å²) in [6, 6.07) is 13.1. The Balaban J connectivity index is 1.96. The van der Waals surface area contributed by atoms with Gasteiger partial charge in [-0.25, -0.2) is 14.9 Å². The van der Waals surface area contributed by atoms with Gasteiger partial charge in [-0.3, -0.25) is 10.0 Å². The van der Waals surface area contributed by atoms with E-state index in [1.54, 1.807) is 31.2 Å². The van der Waals surface area contributed by atoms with Crippen LogP contribution in [0.2, 0.25) is 0 Å². The van der Waals surface area contributed by atoms with Gasteiger partial charge in [-0.2, -0.15) is 0 Å². The van der Waals surface area contributed by atoms with E-state index in [1.807, 2.05) is 0 Å². The molecule has 0 spiro atoms. The van der Waals surface area contributed by atoms with Gasteiger partial charge in [-0.1, -0.05) is 18.2 Å². The van der Waals surface area contributed by atoms with Gasteiger partial charge in [0.1, 0.15) is 5.70 Å². The van der Waals surface area contributed by atoms with E-state index >= 15 is 0 Å². The fraction of sp³-hybridized carbons (Fsp3) is 0.118. The Morgan fingerprint density at radius 3 is 2.57 bits per heavy atom. The minimum atomic E-state index is -0.511. The quantitative estimate of drug-likeness (QED) is 0.674. The van der Waals surface area contributed by atoms with Gasteiger partial charge in [0.2, 0.25) is 0 Å². The minimum absolute atomic E-state index is 0.0875. The first kappa shape index (κ1) is 14.9. The van der Waals surface area contributed by atoms with Gasteiger partial charge >= 0.3 is 5.97 Å². The number of hydroxylamine groups is 1. The van der Waals surface area contributed by atoms with Crippen molar-refractivity contribution in [2.24, 2.45) is 4.99 Å². The van der Waals surface area contributed by atoms with Crippen molar-refractivity contribution in [1.82, 2.24) is 0 Å². The van der Waals surface area contributed by atoms with Crippen LogP contribution in [0.15, 0.2) is 53.5 Å². The van der Waals surface area contributed by atoms with E-state index in [-0.39, 0.29) is 12.3 Å². The predicted molar refractivity (Wildman–Crippen MR) is 82.3 cm³/mol. The van der Waals surface area contributed by atoms with Gasteiger partial charge in [0, 0.05) is 5.22 Å². The number of hydrogen-bond donors (Lipinski definition) is 1. The van der Waals surface area contributed by atoms with Crippen LogP contribution in [0.3, 0.4) is 0 Å². The highest BCUT2D eigenvalue weighted by molar-refractivity contribution is 6.18. The van der Waals surface area contributed by atoms with Crippen molar-refractivity contribution in [1.29, 1.82) is 0 Å². The summed E-state index contributed by atoms with van der Waals surface area (Å²) in [4.78, 5) is 27.6. The zero-order chi connectivity index (χ0) is 16.4. The van der Waals surface area contributed by atoms with E-state index in [1.165, 1.54) is 24.3 Å². The van der Waals surface area contributed by atoms with Gasteiger partial charge in [-0.05, 0) is 37.3 Å². The van der Waals surface area contributed by atoms with Crippen LogP contribution in [0, 0.1) is 0 Å². The molecule has 116 valence electrons. The average molecular weight is 310 g/mol.